The van der Waals surface area contributed by atoms with Crippen molar-refractivity contribution in [2.45, 2.75) is 58.2 Å². The molecule has 3 rings (SSSR count). The minimum absolute atomic E-state index is 0.0117. The first-order chi connectivity index (χ1) is 12.5. The van der Waals surface area contributed by atoms with Crippen LogP contribution in [0.3, 0.4) is 0 Å². The summed E-state index contributed by atoms with van der Waals surface area (Å²) in [5, 5.41) is 15.4. The summed E-state index contributed by atoms with van der Waals surface area (Å²) in [6, 6.07) is 9.61. The first-order valence-corrected chi connectivity index (χ1v) is 9.35. The molecule has 1 fully saturated rings. The summed E-state index contributed by atoms with van der Waals surface area (Å²) in [5.41, 5.74) is 0.636. The number of amides is 1. The van der Waals surface area contributed by atoms with Crippen molar-refractivity contribution >= 4 is 5.91 Å². The van der Waals surface area contributed by atoms with Gasteiger partial charge in [0.1, 0.15) is 0 Å². The predicted molar refractivity (Wildman–Crippen MR) is 99.6 cm³/mol. The van der Waals surface area contributed by atoms with E-state index in [0.29, 0.717) is 0 Å². The molecule has 7 nitrogen and oxygen atoms in total. The molecule has 26 heavy (non-hydrogen) atoms. The van der Waals surface area contributed by atoms with Crippen LogP contribution in [-0.2, 0) is 12.1 Å². The van der Waals surface area contributed by atoms with Crippen LogP contribution < -0.4 is 5.32 Å². The summed E-state index contributed by atoms with van der Waals surface area (Å²) in [5.74, 6) is 0.918. The van der Waals surface area contributed by atoms with Gasteiger partial charge in [0.25, 0.3) is 5.91 Å². The zero-order valence-corrected chi connectivity index (χ0v) is 15.9. The first-order valence-electron chi connectivity index (χ1n) is 9.35. The second kappa shape index (κ2) is 7.95. The molecule has 0 radical (unpaired) electrons. The fourth-order valence-electron chi connectivity index (χ4n) is 3.22. The average Bonchev–Trinajstić information content (AvgIpc) is 3.13. The van der Waals surface area contributed by atoms with E-state index in [0.717, 1.165) is 50.3 Å². The fraction of sp³-hybridized carbons (Fsp3) is 0.579. The first kappa shape index (κ1) is 18.5. The Kier molecular flexibility index (Phi) is 5.66. The number of carbonyl (C=O) groups excluding carboxylic acids is 1. The van der Waals surface area contributed by atoms with Gasteiger partial charge >= 0.3 is 0 Å². The molecule has 0 spiro atoms. The number of carbonyl (C=O) groups is 1. The van der Waals surface area contributed by atoms with Crippen molar-refractivity contribution in [1.29, 1.82) is 0 Å². The Morgan fingerprint density at radius 3 is 2.58 bits per heavy atom. The van der Waals surface area contributed by atoms with Crippen LogP contribution in [0.1, 0.15) is 56.2 Å². The van der Waals surface area contributed by atoms with Gasteiger partial charge in [-0.2, -0.15) is 0 Å². The van der Waals surface area contributed by atoms with E-state index in [1.54, 1.807) is 0 Å². The van der Waals surface area contributed by atoms with Gasteiger partial charge in [0.2, 0.25) is 0 Å². The maximum atomic E-state index is 12.3. The summed E-state index contributed by atoms with van der Waals surface area (Å²) < 4.78 is 1.94. The van der Waals surface area contributed by atoms with Crippen molar-refractivity contribution in [3.8, 4) is 0 Å². The average molecular weight is 356 g/mol. The molecule has 1 saturated heterocycles. The topological polar surface area (TPSA) is 75.9 Å². The van der Waals surface area contributed by atoms with Crippen LogP contribution in [0.4, 0.5) is 0 Å². The van der Waals surface area contributed by atoms with Crippen molar-refractivity contribution in [2.24, 2.45) is 0 Å². The summed E-state index contributed by atoms with van der Waals surface area (Å²) in [6.45, 7) is 9.05. The van der Waals surface area contributed by atoms with E-state index in [1.165, 1.54) is 0 Å². The van der Waals surface area contributed by atoms with Gasteiger partial charge in [-0.1, -0.05) is 25.1 Å². The van der Waals surface area contributed by atoms with Crippen LogP contribution in [0.15, 0.2) is 30.3 Å². The van der Waals surface area contributed by atoms with Gasteiger partial charge < -0.3 is 5.32 Å². The van der Waals surface area contributed by atoms with E-state index in [1.807, 2.05) is 35.0 Å². The molecule has 1 amide bonds. The van der Waals surface area contributed by atoms with Crippen molar-refractivity contribution in [3.05, 3.63) is 41.7 Å². The van der Waals surface area contributed by atoms with E-state index in [9.17, 15) is 4.79 Å². The molecule has 2 heterocycles. The van der Waals surface area contributed by atoms with E-state index >= 15 is 0 Å². The quantitative estimate of drug-likeness (QED) is 0.859. The van der Waals surface area contributed by atoms with Crippen LogP contribution in [0, 0.1) is 0 Å². The highest BCUT2D eigenvalue weighted by Gasteiger charge is 2.26. The maximum absolute atomic E-state index is 12.3. The third-order valence-corrected chi connectivity index (χ3v) is 5.30. The van der Waals surface area contributed by atoms with Crippen LogP contribution >= 0.6 is 0 Å². The molecule has 1 N–H and O–H groups in total. The number of nitrogens with zero attached hydrogens (tertiary/aromatic N) is 5. The Balaban J connectivity index is 1.52. The summed E-state index contributed by atoms with van der Waals surface area (Å²) in [4.78, 5) is 14.6. The highest BCUT2D eigenvalue weighted by atomic mass is 16.1. The van der Waals surface area contributed by atoms with Gasteiger partial charge in [0, 0.05) is 24.7 Å². The lowest BCUT2D eigenvalue weighted by Gasteiger charge is -2.32. The molecular weight excluding hydrogens is 328 g/mol. The zero-order valence-electron chi connectivity index (χ0n) is 15.9. The SMILES string of the molecule is CCC(C)(C)n1nnnc1CN1CCC(NC(=O)c2ccccc2)CC1. The van der Waals surface area contributed by atoms with Gasteiger partial charge in [-0.25, -0.2) is 4.68 Å². The van der Waals surface area contributed by atoms with Crippen molar-refractivity contribution < 1.29 is 4.79 Å². The number of likely N-dealkylation sites (tertiary alicyclic amines) is 1. The van der Waals surface area contributed by atoms with Crippen LogP contribution in [-0.4, -0.2) is 50.1 Å². The second-order valence-corrected chi connectivity index (χ2v) is 7.56. The van der Waals surface area contributed by atoms with Gasteiger partial charge in [-0.3, -0.25) is 9.69 Å². The maximum Gasteiger partial charge on any atom is 0.251 e. The van der Waals surface area contributed by atoms with Crippen molar-refractivity contribution in [3.63, 3.8) is 0 Å². The summed E-state index contributed by atoms with van der Waals surface area (Å²) >= 11 is 0. The highest BCUT2D eigenvalue weighted by Crippen LogP contribution is 2.20. The summed E-state index contributed by atoms with van der Waals surface area (Å²) in [7, 11) is 0. The highest BCUT2D eigenvalue weighted by molar-refractivity contribution is 5.94. The van der Waals surface area contributed by atoms with Gasteiger partial charge in [0.15, 0.2) is 5.82 Å². The number of nitrogens with one attached hydrogen (secondary N) is 1. The molecule has 0 atom stereocenters. The third-order valence-electron chi connectivity index (χ3n) is 5.30. The molecule has 140 valence electrons. The number of hydrogen-bond donors (Lipinski definition) is 1. The van der Waals surface area contributed by atoms with Crippen LogP contribution in [0.5, 0.6) is 0 Å². The number of hydrogen-bond acceptors (Lipinski definition) is 5. The summed E-state index contributed by atoms with van der Waals surface area (Å²) in [6.07, 6.45) is 2.85. The Labute approximate surface area is 154 Å². The van der Waals surface area contributed by atoms with Gasteiger partial charge in [-0.05, 0) is 55.7 Å². The smallest absolute Gasteiger partial charge is 0.251 e. The van der Waals surface area contributed by atoms with Gasteiger partial charge in [0.05, 0.1) is 12.1 Å². The van der Waals surface area contributed by atoms with Crippen LogP contribution in [0.25, 0.3) is 0 Å². The normalized spacial score (nSPS) is 16.6. The number of aromatic nitrogens is 4. The molecule has 1 aliphatic heterocycles. The number of piperidine rings is 1. The minimum Gasteiger partial charge on any atom is -0.349 e. The molecule has 1 aromatic carbocycles. The molecular formula is C19H28N6O. The van der Waals surface area contributed by atoms with Crippen molar-refractivity contribution in [1.82, 2.24) is 30.4 Å². The van der Waals surface area contributed by atoms with E-state index in [-0.39, 0.29) is 17.5 Å². The molecule has 7 heteroatoms. The molecule has 0 bridgehead atoms. The van der Waals surface area contributed by atoms with E-state index < -0.39 is 0 Å². The van der Waals surface area contributed by atoms with Gasteiger partial charge in [-0.15, -0.1) is 5.10 Å². The Hall–Kier alpha value is -2.28. The lowest BCUT2D eigenvalue weighted by Crippen LogP contribution is -2.44. The second-order valence-electron chi connectivity index (χ2n) is 7.56. The zero-order chi connectivity index (χ0) is 18.6. The molecule has 2 aromatic rings. The monoisotopic (exact) mass is 356 g/mol. The standard InChI is InChI=1S/C19H28N6O/c1-4-19(2,3)25-17(21-22-23-25)14-24-12-10-16(11-13-24)20-18(26)15-8-6-5-7-9-15/h5-9,16H,4,10-14H2,1-3H3,(H,20,26). The lowest BCUT2D eigenvalue weighted by atomic mass is 10.0. The molecule has 1 aliphatic rings. The Morgan fingerprint density at radius 2 is 1.92 bits per heavy atom. The molecule has 0 saturated carbocycles. The number of benzene rings is 1. The third kappa shape index (κ3) is 4.27. The van der Waals surface area contributed by atoms with Crippen LogP contribution in [0.2, 0.25) is 0 Å². The largest absolute Gasteiger partial charge is 0.349 e. The molecule has 1 aromatic heterocycles. The number of tetrazole rings is 1. The van der Waals surface area contributed by atoms with E-state index in [2.05, 4.69) is 46.5 Å². The lowest BCUT2D eigenvalue weighted by molar-refractivity contribution is 0.0906. The minimum atomic E-state index is -0.0825. The Bertz CT molecular complexity index is 719. The van der Waals surface area contributed by atoms with Crippen molar-refractivity contribution in [2.75, 3.05) is 13.1 Å². The molecule has 0 unspecified atom stereocenters. The predicted octanol–water partition coefficient (Wildman–Crippen LogP) is 2.21. The van der Waals surface area contributed by atoms with E-state index in [4.69, 9.17) is 0 Å². The Morgan fingerprint density at radius 1 is 1.23 bits per heavy atom. The fourth-order valence-corrected chi connectivity index (χ4v) is 3.22. The molecule has 0 aliphatic carbocycles. The number of rotatable bonds is 6.